The van der Waals surface area contributed by atoms with Crippen molar-refractivity contribution in [2.45, 2.75) is 12.5 Å². The zero-order valence-electron chi connectivity index (χ0n) is 10.3. The van der Waals surface area contributed by atoms with E-state index in [1.165, 1.54) is 6.07 Å². The Labute approximate surface area is 131 Å². The molecule has 0 bridgehead atoms. The fraction of sp³-hybridized carbons (Fsp3) is 0.143. The van der Waals surface area contributed by atoms with Gasteiger partial charge in [-0.2, -0.15) is 0 Å². The summed E-state index contributed by atoms with van der Waals surface area (Å²) >= 11 is 17.6. The summed E-state index contributed by atoms with van der Waals surface area (Å²) < 4.78 is 13.2. The molecule has 0 radical (unpaired) electrons. The number of halogens is 4. The fourth-order valence-electron chi connectivity index (χ4n) is 1.90. The van der Waals surface area contributed by atoms with Gasteiger partial charge in [0, 0.05) is 0 Å². The number of hydrogen-bond donors (Lipinski definition) is 2. The number of hydrogen-bond acceptors (Lipinski definition) is 2. The molecular weight excluding hydrogens is 322 g/mol. The lowest BCUT2D eigenvalue weighted by atomic mass is 9.99. The van der Waals surface area contributed by atoms with Crippen LogP contribution in [0.4, 0.5) is 4.39 Å². The molecule has 0 spiro atoms. The van der Waals surface area contributed by atoms with Gasteiger partial charge in [0.05, 0.1) is 21.1 Å². The molecule has 0 heterocycles. The van der Waals surface area contributed by atoms with Gasteiger partial charge in [0.15, 0.2) is 0 Å². The highest BCUT2D eigenvalue weighted by atomic mass is 35.5. The summed E-state index contributed by atoms with van der Waals surface area (Å²) in [6.45, 7) is 0. The first kappa shape index (κ1) is 15.5. The minimum absolute atomic E-state index is 0.0666. The van der Waals surface area contributed by atoms with Crippen LogP contribution in [0.2, 0.25) is 15.1 Å². The molecule has 2 aromatic carbocycles. The van der Waals surface area contributed by atoms with Gasteiger partial charge in [0.1, 0.15) is 5.82 Å². The molecule has 2 nitrogen and oxygen atoms in total. The Kier molecular flexibility index (Phi) is 5.24. The van der Waals surface area contributed by atoms with E-state index in [1.54, 1.807) is 24.3 Å². The van der Waals surface area contributed by atoms with E-state index in [-0.39, 0.29) is 11.1 Å². The van der Waals surface area contributed by atoms with Crippen LogP contribution in [0.25, 0.3) is 0 Å². The Bertz CT molecular complexity index is 619. The average molecular weight is 334 g/mol. The minimum atomic E-state index is -0.458. The minimum Gasteiger partial charge on any atom is -0.271 e. The van der Waals surface area contributed by atoms with E-state index in [1.807, 2.05) is 6.07 Å². The van der Waals surface area contributed by atoms with Gasteiger partial charge in [-0.15, -0.1) is 0 Å². The molecule has 0 aliphatic heterocycles. The number of rotatable bonds is 4. The van der Waals surface area contributed by atoms with Crippen molar-refractivity contribution in [3.63, 3.8) is 0 Å². The van der Waals surface area contributed by atoms with Crippen molar-refractivity contribution in [1.82, 2.24) is 5.43 Å². The van der Waals surface area contributed by atoms with Crippen molar-refractivity contribution in [2.24, 2.45) is 5.84 Å². The molecule has 1 atom stereocenters. The third-order valence-electron chi connectivity index (χ3n) is 2.97. The average Bonchev–Trinajstić information content (AvgIpc) is 2.43. The van der Waals surface area contributed by atoms with Gasteiger partial charge < -0.3 is 0 Å². The summed E-state index contributed by atoms with van der Waals surface area (Å²) in [7, 11) is 0. The van der Waals surface area contributed by atoms with Crippen molar-refractivity contribution in [3.8, 4) is 0 Å². The van der Waals surface area contributed by atoms with E-state index in [0.29, 0.717) is 16.5 Å². The Morgan fingerprint density at radius 3 is 2.35 bits per heavy atom. The van der Waals surface area contributed by atoms with Crippen molar-refractivity contribution < 1.29 is 4.39 Å². The van der Waals surface area contributed by atoms with E-state index in [2.05, 4.69) is 5.43 Å². The molecule has 2 rings (SSSR count). The number of nitrogens with one attached hydrogen (secondary N) is 1. The molecule has 2 aromatic rings. The Morgan fingerprint density at radius 1 is 1.00 bits per heavy atom. The highest BCUT2D eigenvalue weighted by molar-refractivity contribution is 6.42. The maximum atomic E-state index is 13.2. The molecule has 3 N–H and O–H groups in total. The second-order valence-corrected chi connectivity index (χ2v) is 5.57. The van der Waals surface area contributed by atoms with E-state index in [9.17, 15) is 4.39 Å². The zero-order chi connectivity index (χ0) is 14.7. The zero-order valence-corrected chi connectivity index (χ0v) is 12.6. The smallest absolute Gasteiger partial charge is 0.141 e. The molecule has 0 saturated heterocycles. The molecule has 106 valence electrons. The molecule has 0 aliphatic carbocycles. The molecular formula is C14H12Cl3FN2. The Balaban J connectivity index is 2.23. The van der Waals surface area contributed by atoms with Crippen LogP contribution in [0.15, 0.2) is 36.4 Å². The lowest BCUT2D eigenvalue weighted by molar-refractivity contribution is 0.549. The van der Waals surface area contributed by atoms with Crippen molar-refractivity contribution in [1.29, 1.82) is 0 Å². The highest BCUT2D eigenvalue weighted by Crippen LogP contribution is 2.27. The lowest BCUT2D eigenvalue weighted by Crippen LogP contribution is -2.29. The van der Waals surface area contributed by atoms with Gasteiger partial charge in [-0.25, -0.2) is 4.39 Å². The van der Waals surface area contributed by atoms with Gasteiger partial charge in [0.2, 0.25) is 0 Å². The van der Waals surface area contributed by atoms with Gasteiger partial charge in [0.25, 0.3) is 0 Å². The van der Waals surface area contributed by atoms with Gasteiger partial charge in [-0.05, 0) is 41.8 Å². The third-order valence-corrected chi connectivity index (χ3v) is 4.00. The molecule has 6 heteroatoms. The molecule has 0 amide bonds. The third kappa shape index (κ3) is 3.62. The van der Waals surface area contributed by atoms with Crippen LogP contribution in [0.1, 0.15) is 17.2 Å². The van der Waals surface area contributed by atoms with Crippen molar-refractivity contribution in [3.05, 3.63) is 68.4 Å². The molecule has 1 unspecified atom stereocenters. The largest absolute Gasteiger partial charge is 0.271 e. The van der Waals surface area contributed by atoms with E-state index >= 15 is 0 Å². The summed E-state index contributed by atoms with van der Waals surface area (Å²) in [5.41, 5.74) is 4.45. The summed E-state index contributed by atoms with van der Waals surface area (Å²) in [6, 6.07) is 9.68. The standard InChI is InChI=1S/C14H12Cl3FN2/c15-10-3-1-8(5-11(10)16)6-14(20-19)9-2-4-13(18)12(17)7-9/h1-5,7,14,20H,6,19H2. The predicted octanol–water partition coefficient (Wildman–Crippen LogP) is 4.53. The normalized spacial score (nSPS) is 12.4. The van der Waals surface area contributed by atoms with Gasteiger partial charge in [-0.1, -0.05) is 46.9 Å². The van der Waals surface area contributed by atoms with Crippen LogP contribution in [-0.4, -0.2) is 0 Å². The van der Waals surface area contributed by atoms with Crippen LogP contribution in [0.5, 0.6) is 0 Å². The van der Waals surface area contributed by atoms with E-state index in [4.69, 9.17) is 40.6 Å². The maximum absolute atomic E-state index is 13.2. The van der Waals surface area contributed by atoms with Crippen LogP contribution < -0.4 is 11.3 Å². The summed E-state index contributed by atoms with van der Waals surface area (Å²) in [5.74, 6) is 5.11. The van der Waals surface area contributed by atoms with Crippen molar-refractivity contribution in [2.75, 3.05) is 0 Å². The maximum Gasteiger partial charge on any atom is 0.141 e. The van der Waals surface area contributed by atoms with E-state index in [0.717, 1.165) is 11.1 Å². The quantitative estimate of drug-likeness (QED) is 0.637. The van der Waals surface area contributed by atoms with Gasteiger partial charge in [-0.3, -0.25) is 11.3 Å². The molecule has 0 aliphatic rings. The van der Waals surface area contributed by atoms with Crippen LogP contribution in [0.3, 0.4) is 0 Å². The fourth-order valence-corrected chi connectivity index (χ4v) is 2.41. The molecule has 0 fully saturated rings. The summed E-state index contributed by atoms with van der Waals surface area (Å²) in [4.78, 5) is 0. The summed E-state index contributed by atoms with van der Waals surface area (Å²) in [6.07, 6.45) is 0.579. The first-order chi connectivity index (χ1) is 9.51. The monoisotopic (exact) mass is 332 g/mol. The number of hydrazine groups is 1. The van der Waals surface area contributed by atoms with Crippen LogP contribution in [-0.2, 0) is 6.42 Å². The molecule has 0 aromatic heterocycles. The number of nitrogens with two attached hydrogens (primary N) is 1. The number of benzene rings is 2. The van der Waals surface area contributed by atoms with Crippen LogP contribution in [0, 0.1) is 5.82 Å². The second kappa shape index (κ2) is 6.74. The first-order valence-corrected chi connectivity index (χ1v) is 6.99. The summed E-state index contributed by atoms with van der Waals surface area (Å²) in [5, 5.41) is 1.05. The Morgan fingerprint density at radius 2 is 1.75 bits per heavy atom. The molecule has 0 saturated carbocycles. The van der Waals surface area contributed by atoms with Crippen LogP contribution >= 0.6 is 34.8 Å². The Hall–Kier alpha value is -0.840. The molecule has 20 heavy (non-hydrogen) atoms. The predicted molar refractivity (Wildman–Crippen MR) is 81.6 cm³/mol. The highest BCUT2D eigenvalue weighted by Gasteiger charge is 2.13. The lowest BCUT2D eigenvalue weighted by Gasteiger charge is -2.17. The second-order valence-electron chi connectivity index (χ2n) is 4.35. The van der Waals surface area contributed by atoms with Gasteiger partial charge >= 0.3 is 0 Å². The van der Waals surface area contributed by atoms with E-state index < -0.39 is 5.82 Å². The van der Waals surface area contributed by atoms with Crippen molar-refractivity contribution >= 4 is 34.8 Å². The first-order valence-electron chi connectivity index (χ1n) is 5.86. The topological polar surface area (TPSA) is 38.0 Å². The SMILES string of the molecule is NNC(Cc1ccc(Cl)c(Cl)c1)c1ccc(F)c(Cl)c1.